The molecule has 2 aromatic heterocycles. The lowest BCUT2D eigenvalue weighted by molar-refractivity contribution is 1.01. The molecule has 0 spiro atoms. The number of aromatic nitrogens is 3. The van der Waals surface area contributed by atoms with E-state index >= 15 is 0 Å². The third-order valence-electron chi connectivity index (χ3n) is 2.00. The number of nitrogens with one attached hydrogen (secondary N) is 2. The first-order chi connectivity index (χ1) is 7.78. The van der Waals surface area contributed by atoms with Gasteiger partial charge < -0.3 is 10.6 Å². The zero-order chi connectivity index (χ0) is 11.4. The summed E-state index contributed by atoms with van der Waals surface area (Å²) in [4.78, 5) is 12.7. The molecular formula is C10H13N5S. The Hall–Kier alpha value is -1.69. The van der Waals surface area contributed by atoms with E-state index in [0.717, 1.165) is 22.5 Å². The molecule has 2 aromatic rings. The Morgan fingerprint density at radius 2 is 2.12 bits per heavy atom. The van der Waals surface area contributed by atoms with E-state index < -0.39 is 0 Å². The van der Waals surface area contributed by atoms with Crippen molar-refractivity contribution in [2.45, 2.75) is 13.5 Å². The lowest BCUT2D eigenvalue weighted by atomic mass is 10.5. The SMILES string of the molecule is CNc1cc(NCc2nccs2)nc(C)n1. The first-order valence-corrected chi connectivity index (χ1v) is 5.81. The summed E-state index contributed by atoms with van der Waals surface area (Å²) in [5.41, 5.74) is 0. The topological polar surface area (TPSA) is 62.7 Å². The van der Waals surface area contributed by atoms with E-state index in [-0.39, 0.29) is 0 Å². The smallest absolute Gasteiger partial charge is 0.132 e. The molecule has 2 rings (SSSR count). The van der Waals surface area contributed by atoms with Crippen LogP contribution in [0.1, 0.15) is 10.8 Å². The molecule has 0 saturated heterocycles. The Morgan fingerprint density at radius 1 is 1.31 bits per heavy atom. The fourth-order valence-corrected chi connectivity index (χ4v) is 1.85. The molecule has 0 bridgehead atoms. The normalized spacial score (nSPS) is 10.1. The fraction of sp³-hybridized carbons (Fsp3) is 0.300. The number of rotatable bonds is 4. The van der Waals surface area contributed by atoms with Gasteiger partial charge in [0, 0.05) is 24.7 Å². The van der Waals surface area contributed by atoms with Crippen LogP contribution in [0.15, 0.2) is 17.6 Å². The van der Waals surface area contributed by atoms with Crippen molar-refractivity contribution in [1.29, 1.82) is 0 Å². The van der Waals surface area contributed by atoms with Gasteiger partial charge in [-0.15, -0.1) is 11.3 Å². The number of hydrogen-bond donors (Lipinski definition) is 2. The van der Waals surface area contributed by atoms with Crippen LogP contribution < -0.4 is 10.6 Å². The lowest BCUT2D eigenvalue weighted by Gasteiger charge is -2.06. The number of hydrogen-bond acceptors (Lipinski definition) is 6. The van der Waals surface area contributed by atoms with Crippen molar-refractivity contribution in [3.05, 3.63) is 28.5 Å². The standard InChI is InChI=1S/C10H13N5S/c1-7-14-8(11-2)5-9(15-7)13-6-10-12-3-4-16-10/h3-5H,6H2,1-2H3,(H2,11,13,14,15). The third kappa shape index (κ3) is 2.66. The molecule has 0 aliphatic rings. The summed E-state index contributed by atoms with van der Waals surface area (Å²) in [7, 11) is 1.84. The van der Waals surface area contributed by atoms with Gasteiger partial charge in [0.25, 0.3) is 0 Å². The average Bonchev–Trinajstić information content (AvgIpc) is 2.78. The van der Waals surface area contributed by atoms with Crippen LogP contribution in [0.2, 0.25) is 0 Å². The summed E-state index contributed by atoms with van der Waals surface area (Å²) < 4.78 is 0. The second-order valence-electron chi connectivity index (χ2n) is 3.22. The molecule has 6 heteroatoms. The van der Waals surface area contributed by atoms with Crippen LogP contribution in [0, 0.1) is 6.92 Å². The van der Waals surface area contributed by atoms with Gasteiger partial charge in [-0.25, -0.2) is 15.0 Å². The van der Waals surface area contributed by atoms with E-state index in [9.17, 15) is 0 Å². The minimum absolute atomic E-state index is 0.692. The van der Waals surface area contributed by atoms with Gasteiger partial charge >= 0.3 is 0 Å². The second kappa shape index (κ2) is 4.89. The number of aryl methyl sites for hydroxylation is 1. The third-order valence-corrected chi connectivity index (χ3v) is 2.78. The van der Waals surface area contributed by atoms with E-state index in [0.29, 0.717) is 6.54 Å². The molecular weight excluding hydrogens is 222 g/mol. The highest BCUT2D eigenvalue weighted by molar-refractivity contribution is 7.09. The van der Waals surface area contributed by atoms with Crippen molar-refractivity contribution in [2.75, 3.05) is 17.7 Å². The second-order valence-corrected chi connectivity index (χ2v) is 4.19. The molecule has 5 nitrogen and oxygen atoms in total. The van der Waals surface area contributed by atoms with Gasteiger partial charge in [0.15, 0.2) is 0 Å². The van der Waals surface area contributed by atoms with Crippen molar-refractivity contribution in [3.63, 3.8) is 0 Å². The molecule has 0 aliphatic carbocycles. The van der Waals surface area contributed by atoms with Crippen molar-refractivity contribution in [2.24, 2.45) is 0 Å². The molecule has 0 fully saturated rings. The van der Waals surface area contributed by atoms with Gasteiger partial charge in [0.1, 0.15) is 22.5 Å². The lowest BCUT2D eigenvalue weighted by Crippen LogP contribution is -2.04. The Balaban J connectivity index is 2.06. The fourth-order valence-electron chi connectivity index (χ4n) is 1.29. The quantitative estimate of drug-likeness (QED) is 0.847. The molecule has 0 unspecified atom stereocenters. The predicted octanol–water partition coefficient (Wildman–Crippen LogP) is 1.90. The zero-order valence-electron chi connectivity index (χ0n) is 9.19. The summed E-state index contributed by atoms with van der Waals surface area (Å²) >= 11 is 1.62. The van der Waals surface area contributed by atoms with Crippen molar-refractivity contribution in [1.82, 2.24) is 15.0 Å². The van der Waals surface area contributed by atoms with Crippen LogP contribution in [-0.4, -0.2) is 22.0 Å². The summed E-state index contributed by atoms with van der Waals surface area (Å²) in [5, 5.41) is 9.22. The van der Waals surface area contributed by atoms with Gasteiger partial charge in [-0.1, -0.05) is 0 Å². The Kier molecular flexibility index (Phi) is 3.31. The van der Waals surface area contributed by atoms with E-state index in [1.165, 1.54) is 0 Å². The highest BCUT2D eigenvalue weighted by Gasteiger charge is 2.01. The molecule has 0 atom stereocenters. The summed E-state index contributed by atoms with van der Waals surface area (Å²) in [6.07, 6.45) is 1.80. The average molecular weight is 235 g/mol. The van der Waals surface area contributed by atoms with E-state index in [1.54, 1.807) is 17.5 Å². The van der Waals surface area contributed by atoms with Crippen LogP contribution in [-0.2, 0) is 6.54 Å². The number of thiazole rings is 1. The van der Waals surface area contributed by atoms with Crippen LogP contribution in [0.3, 0.4) is 0 Å². The van der Waals surface area contributed by atoms with Gasteiger partial charge in [-0.2, -0.15) is 0 Å². The zero-order valence-corrected chi connectivity index (χ0v) is 10.0. The van der Waals surface area contributed by atoms with E-state index in [1.807, 2.05) is 25.4 Å². The maximum Gasteiger partial charge on any atom is 0.132 e. The largest absolute Gasteiger partial charge is 0.373 e. The van der Waals surface area contributed by atoms with Gasteiger partial charge in [0.05, 0.1) is 6.54 Å². The van der Waals surface area contributed by atoms with Gasteiger partial charge in [-0.05, 0) is 6.92 Å². The van der Waals surface area contributed by atoms with Crippen LogP contribution in [0.5, 0.6) is 0 Å². The van der Waals surface area contributed by atoms with Crippen molar-refractivity contribution in [3.8, 4) is 0 Å². The van der Waals surface area contributed by atoms with Crippen molar-refractivity contribution < 1.29 is 0 Å². The first kappa shape index (κ1) is 10.8. The highest BCUT2D eigenvalue weighted by atomic mass is 32.1. The first-order valence-electron chi connectivity index (χ1n) is 4.93. The molecule has 0 aliphatic heterocycles. The molecule has 84 valence electrons. The molecule has 0 saturated carbocycles. The van der Waals surface area contributed by atoms with Crippen LogP contribution in [0.25, 0.3) is 0 Å². The molecule has 2 N–H and O–H groups in total. The minimum atomic E-state index is 0.692. The predicted molar refractivity (Wildman–Crippen MR) is 65.8 cm³/mol. The number of nitrogens with zero attached hydrogens (tertiary/aromatic N) is 3. The Labute approximate surface area is 98.0 Å². The molecule has 2 heterocycles. The Bertz CT molecular complexity index is 454. The van der Waals surface area contributed by atoms with Crippen molar-refractivity contribution >= 4 is 23.0 Å². The molecule has 16 heavy (non-hydrogen) atoms. The van der Waals surface area contributed by atoms with E-state index in [4.69, 9.17) is 0 Å². The Morgan fingerprint density at radius 3 is 2.81 bits per heavy atom. The maximum absolute atomic E-state index is 4.30. The molecule has 0 radical (unpaired) electrons. The summed E-state index contributed by atoms with van der Waals surface area (Å²) in [5.74, 6) is 2.37. The molecule has 0 aromatic carbocycles. The van der Waals surface area contributed by atoms with Gasteiger partial charge in [-0.3, -0.25) is 0 Å². The van der Waals surface area contributed by atoms with Crippen LogP contribution >= 0.6 is 11.3 Å². The van der Waals surface area contributed by atoms with E-state index in [2.05, 4.69) is 25.6 Å². The van der Waals surface area contributed by atoms with Gasteiger partial charge in [0.2, 0.25) is 0 Å². The summed E-state index contributed by atoms with van der Waals surface area (Å²) in [6.45, 7) is 2.56. The van der Waals surface area contributed by atoms with Crippen LogP contribution in [0.4, 0.5) is 11.6 Å². The number of anilines is 2. The monoisotopic (exact) mass is 235 g/mol. The highest BCUT2D eigenvalue weighted by Crippen LogP contribution is 2.12. The summed E-state index contributed by atoms with van der Waals surface area (Å²) in [6, 6.07) is 1.88. The molecule has 0 amide bonds. The maximum atomic E-state index is 4.30. The minimum Gasteiger partial charge on any atom is -0.373 e.